The van der Waals surface area contributed by atoms with E-state index in [4.69, 9.17) is 0 Å². The van der Waals surface area contributed by atoms with Gasteiger partial charge in [-0.25, -0.2) is 13.2 Å². The highest BCUT2D eigenvalue weighted by Gasteiger charge is 2.35. The van der Waals surface area contributed by atoms with Gasteiger partial charge in [0.25, 0.3) is 0 Å². The van der Waals surface area contributed by atoms with Crippen LogP contribution in [0.5, 0.6) is 0 Å². The molecule has 2 amide bonds. The Morgan fingerprint density at radius 1 is 1.35 bits per heavy atom. The molecule has 0 radical (unpaired) electrons. The molecule has 0 aromatic heterocycles. The maximum atomic E-state index is 12.0. The van der Waals surface area contributed by atoms with Crippen molar-refractivity contribution in [2.24, 2.45) is 0 Å². The number of rotatable bonds is 3. The fraction of sp³-hybridized carbons (Fsp3) is 0.562. The van der Waals surface area contributed by atoms with Crippen LogP contribution in [0.4, 0.5) is 4.79 Å². The number of carbonyl (C=O) groups is 1. The van der Waals surface area contributed by atoms with Gasteiger partial charge in [0.15, 0.2) is 9.84 Å². The van der Waals surface area contributed by atoms with Crippen molar-refractivity contribution in [3.8, 4) is 0 Å². The summed E-state index contributed by atoms with van der Waals surface area (Å²) in [7, 11) is -3.02. The predicted molar refractivity (Wildman–Crippen MR) is 86.9 cm³/mol. The topological polar surface area (TPSA) is 95.5 Å². The molecule has 23 heavy (non-hydrogen) atoms. The largest absolute Gasteiger partial charge is 0.383 e. The minimum atomic E-state index is -3.02. The van der Waals surface area contributed by atoms with Crippen LogP contribution in [0.1, 0.15) is 30.4 Å². The number of nitrogens with one attached hydrogen (secondary N) is 2. The monoisotopic (exact) mass is 338 g/mol. The first-order valence-electron chi connectivity index (χ1n) is 7.94. The summed E-state index contributed by atoms with van der Waals surface area (Å²) in [6.07, 6.45) is 2.85. The van der Waals surface area contributed by atoms with Gasteiger partial charge in [0.05, 0.1) is 18.1 Å². The highest BCUT2D eigenvalue weighted by atomic mass is 32.2. The highest BCUT2D eigenvalue weighted by Crippen LogP contribution is 2.34. The van der Waals surface area contributed by atoms with Crippen LogP contribution in [-0.4, -0.2) is 43.6 Å². The molecule has 0 spiro atoms. The molecule has 7 heteroatoms. The molecule has 3 rings (SSSR count). The van der Waals surface area contributed by atoms with E-state index in [1.54, 1.807) is 0 Å². The fourth-order valence-corrected chi connectivity index (χ4v) is 5.13. The zero-order valence-corrected chi connectivity index (χ0v) is 13.7. The van der Waals surface area contributed by atoms with E-state index < -0.39 is 21.5 Å². The molecule has 2 unspecified atom stereocenters. The quantitative estimate of drug-likeness (QED) is 0.756. The molecule has 2 aliphatic rings. The number of aryl methyl sites for hydroxylation is 1. The predicted octanol–water partition coefficient (Wildman–Crippen LogP) is 0.697. The van der Waals surface area contributed by atoms with Gasteiger partial charge in [-0.05, 0) is 36.8 Å². The molecule has 126 valence electrons. The molecule has 1 saturated heterocycles. The molecule has 6 nitrogen and oxygen atoms in total. The van der Waals surface area contributed by atoms with Gasteiger partial charge in [-0.15, -0.1) is 0 Å². The lowest BCUT2D eigenvalue weighted by Crippen LogP contribution is -2.48. The van der Waals surface area contributed by atoms with Gasteiger partial charge >= 0.3 is 6.03 Å². The summed E-state index contributed by atoms with van der Waals surface area (Å²) in [4.78, 5) is 12.0. The van der Waals surface area contributed by atoms with Crippen molar-refractivity contribution in [2.45, 2.75) is 37.3 Å². The zero-order chi connectivity index (χ0) is 16.5. The van der Waals surface area contributed by atoms with E-state index in [2.05, 4.69) is 10.6 Å². The molecule has 1 aliphatic carbocycles. The average molecular weight is 338 g/mol. The summed E-state index contributed by atoms with van der Waals surface area (Å²) >= 11 is 0. The number of urea groups is 1. The van der Waals surface area contributed by atoms with Crippen LogP contribution in [0.15, 0.2) is 24.3 Å². The standard InChI is InChI=1S/C16H22N2O4S/c19-15(18-13-7-9-23(21,22)10-13)17-11-16(20)8-3-5-12-4-1-2-6-14(12)16/h1-2,4,6,13,20H,3,5,7-11H2,(H2,17,18,19). The van der Waals surface area contributed by atoms with Crippen molar-refractivity contribution in [3.63, 3.8) is 0 Å². The normalized spacial score (nSPS) is 28.8. The van der Waals surface area contributed by atoms with E-state index in [0.717, 1.165) is 24.0 Å². The minimum Gasteiger partial charge on any atom is -0.383 e. The Morgan fingerprint density at radius 3 is 2.87 bits per heavy atom. The van der Waals surface area contributed by atoms with E-state index in [-0.39, 0.29) is 24.1 Å². The van der Waals surface area contributed by atoms with Crippen LogP contribution in [0.2, 0.25) is 0 Å². The molecule has 1 aromatic rings. The Bertz CT molecular complexity index is 704. The lowest BCUT2D eigenvalue weighted by Gasteiger charge is -2.34. The van der Waals surface area contributed by atoms with Crippen LogP contribution in [0.25, 0.3) is 0 Å². The van der Waals surface area contributed by atoms with Gasteiger partial charge in [0.1, 0.15) is 5.60 Å². The van der Waals surface area contributed by atoms with Crippen molar-refractivity contribution in [3.05, 3.63) is 35.4 Å². The fourth-order valence-electron chi connectivity index (χ4n) is 3.45. The molecule has 1 aromatic carbocycles. The van der Waals surface area contributed by atoms with Gasteiger partial charge in [-0.3, -0.25) is 0 Å². The molecule has 2 atom stereocenters. The number of aliphatic hydroxyl groups is 1. The SMILES string of the molecule is O=C(NCC1(O)CCCc2ccccc21)NC1CCS(=O)(=O)C1. The summed E-state index contributed by atoms with van der Waals surface area (Å²) in [6.45, 7) is 0.120. The molecule has 0 saturated carbocycles. The molecule has 1 heterocycles. The Labute approximate surface area is 136 Å². The zero-order valence-electron chi connectivity index (χ0n) is 12.9. The molecular weight excluding hydrogens is 316 g/mol. The molecule has 3 N–H and O–H groups in total. The Kier molecular flexibility index (Phi) is 4.33. The maximum absolute atomic E-state index is 12.0. The smallest absolute Gasteiger partial charge is 0.315 e. The number of amides is 2. The summed E-state index contributed by atoms with van der Waals surface area (Å²) in [5, 5.41) is 16.2. The summed E-state index contributed by atoms with van der Waals surface area (Å²) in [6, 6.07) is 6.97. The third kappa shape index (κ3) is 3.67. The third-order valence-corrected chi connectivity index (χ3v) is 6.43. The summed E-state index contributed by atoms with van der Waals surface area (Å²) in [5.41, 5.74) is 0.925. The summed E-state index contributed by atoms with van der Waals surface area (Å²) in [5.74, 6) is 0.114. The Morgan fingerprint density at radius 2 is 2.13 bits per heavy atom. The van der Waals surface area contributed by atoms with Crippen LogP contribution in [0, 0.1) is 0 Å². The van der Waals surface area contributed by atoms with Crippen molar-refractivity contribution >= 4 is 15.9 Å². The van der Waals surface area contributed by atoms with E-state index in [1.807, 2.05) is 24.3 Å². The average Bonchev–Trinajstić information content (AvgIpc) is 2.85. The van der Waals surface area contributed by atoms with Crippen molar-refractivity contribution in [1.82, 2.24) is 10.6 Å². The number of fused-ring (bicyclic) bond motifs is 1. The van der Waals surface area contributed by atoms with E-state index in [1.165, 1.54) is 0 Å². The van der Waals surface area contributed by atoms with Gasteiger partial charge in [-0.1, -0.05) is 24.3 Å². The molecule has 1 aliphatic heterocycles. The van der Waals surface area contributed by atoms with Gasteiger partial charge < -0.3 is 15.7 Å². The van der Waals surface area contributed by atoms with Crippen molar-refractivity contribution in [2.75, 3.05) is 18.1 Å². The van der Waals surface area contributed by atoms with Gasteiger partial charge in [-0.2, -0.15) is 0 Å². The third-order valence-electron chi connectivity index (χ3n) is 4.66. The highest BCUT2D eigenvalue weighted by molar-refractivity contribution is 7.91. The lowest BCUT2D eigenvalue weighted by atomic mass is 9.79. The molecule has 0 bridgehead atoms. The van der Waals surface area contributed by atoms with Crippen molar-refractivity contribution < 1.29 is 18.3 Å². The number of hydrogen-bond acceptors (Lipinski definition) is 4. The van der Waals surface area contributed by atoms with Crippen LogP contribution >= 0.6 is 0 Å². The van der Waals surface area contributed by atoms with Crippen molar-refractivity contribution in [1.29, 1.82) is 0 Å². The van der Waals surface area contributed by atoms with Crippen LogP contribution in [-0.2, 0) is 21.9 Å². The number of benzene rings is 1. The second kappa shape index (κ2) is 6.13. The number of hydrogen-bond donors (Lipinski definition) is 3. The first-order chi connectivity index (χ1) is 10.9. The van der Waals surface area contributed by atoms with E-state index >= 15 is 0 Å². The maximum Gasteiger partial charge on any atom is 0.315 e. The Hall–Kier alpha value is -1.60. The second-order valence-electron chi connectivity index (χ2n) is 6.47. The summed E-state index contributed by atoms with van der Waals surface area (Å²) < 4.78 is 22.8. The van der Waals surface area contributed by atoms with Crippen LogP contribution < -0.4 is 10.6 Å². The minimum absolute atomic E-state index is 0.00643. The van der Waals surface area contributed by atoms with E-state index in [0.29, 0.717) is 12.8 Å². The Balaban J connectivity index is 1.59. The molecule has 1 fully saturated rings. The number of sulfone groups is 1. The molecular formula is C16H22N2O4S. The van der Waals surface area contributed by atoms with Gasteiger partial charge in [0.2, 0.25) is 0 Å². The first kappa shape index (κ1) is 16.3. The second-order valence-corrected chi connectivity index (χ2v) is 8.70. The van der Waals surface area contributed by atoms with E-state index in [9.17, 15) is 18.3 Å². The van der Waals surface area contributed by atoms with Crippen LogP contribution in [0.3, 0.4) is 0 Å². The number of carbonyl (C=O) groups excluding carboxylic acids is 1. The lowest BCUT2D eigenvalue weighted by molar-refractivity contribution is 0.0216. The van der Waals surface area contributed by atoms with Gasteiger partial charge in [0, 0.05) is 6.04 Å². The first-order valence-corrected chi connectivity index (χ1v) is 9.76.